The second kappa shape index (κ2) is 4.25. The molecule has 1 saturated heterocycles. The van der Waals surface area contributed by atoms with Crippen LogP contribution >= 0.6 is 0 Å². The summed E-state index contributed by atoms with van der Waals surface area (Å²) in [5.41, 5.74) is 8.04. The second-order valence-electron chi connectivity index (χ2n) is 5.85. The van der Waals surface area contributed by atoms with Crippen molar-refractivity contribution >= 4 is 0 Å². The molecule has 1 aromatic rings. The molecule has 3 heteroatoms. The summed E-state index contributed by atoms with van der Waals surface area (Å²) in [6.45, 7) is 1.79. The molecule has 0 bridgehead atoms. The van der Waals surface area contributed by atoms with Gasteiger partial charge in [-0.15, -0.1) is 0 Å². The molecule has 0 aromatic heterocycles. The molecule has 0 unspecified atom stereocenters. The molecule has 0 atom stereocenters. The van der Waals surface area contributed by atoms with E-state index in [0.29, 0.717) is 5.41 Å². The smallest absolute Gasteiger partial charge is 0.119 e. The highest BCUT2D eigenvalue weighted by molar-refractivity contribution is 5.36. The Balaban J connectivity index is 1.77. The third-order valence-corrected chi connectivity index (χ3v) is 4.58. The van der Waals surface area contributed by atoms with Gasteiger partial charge in [0.1, 0.15) is 5.75 Å². The maximum Gasteiger partial charge on any atom is 0.119 e. The molecule has 0 radical (unpaired) electrons. The fourth-order valence-electron chi connectivity index (χ4n) is 3.58. The van der Waals surface area contributed by atoms with Gasteiger partial charge in [-0.2, -0.15) is 0 Å². The monoisotopic (exact) mass is 247 g/mol. The van der Waals surface area contributed by atoms with Gasteiger partial charge in [-0.3, -0.25) is 0 Å². The Morgan fingerprint density at radius 2 is 1.94 bits per heavy atom. The van der Waals surface area contributed by atoms with Gasteiger partial charge in [0.2, 0.25) is 0 Å². The lowest BCUT2D eigenvalue weighted by molar-refractivity contribution is -0.0725. The number of hydrogen-bond acceptors (Lipinski definition) is 3. The highest BCUT2D eigenvalue weighted by atomic mass is 16.5. The van der Waals surface area contributed by atoms with Crippen LogP contribution in [-0.2, 0) is 10.3 Å². The molecular weight excluding hydrogens is 226 g/mol. The van der Waals surface area contributed by atoms with Crippen LogP contribution in [0.5, 0.6) is 5.75 Å². The van der Waals surface area contributed by atoms with Crippen molar-refractivity contribution in [1.82, 2.24) is 0 Å². The number of hydrogen-bond donors (Lipinski definition) is 1. The lowest BCUT2D eigenvalue weighted by Gasteiger charge is -2.56. The van der Waals surface area contributed by atoms with Gasteiger partial charge in [-0.25, -0.2) is 0 Å². The average Bonchev–Trinajstić information content (AvgIpc) is 2.38. The first kappa shape index (κ1) is 12.0. The van der Waals surface area contributed by atoms with Gasteiger partial charge in [0.25, 0.3) is 0 Å². The van der Waals surface area contributed by atoms with Gasteiger partial charge in [0.15, 0.2) is 0 Å². The molecule has 98 valence electrons. The summed E-state index contributed by atoms with van der Waals surface area (Å²) in [6, 6.07) is 8.19. The highest BCUT2D eigenvalue weighted by Crippen LogP contribution is 2.57. The van der Waals surface area contributed by atoms with Gasteiger partial charge in [-0.1, -0.05) is 12.1 Å². The van der Waals surface area contributed by atoms with Crippen molar-refractivity contribution in [3.8, 4) is 5.75 Å². The van der Waals surface area contributed by atoms with Crippen molar-refractivity contribution < 1.29 is 9.47 Å². The van der Waals surface area contributed by atoms with E-state index in [0.717, 1.165) is 44.6 Å². The van der Waals surface area contributed by atoms with E-state index in [4.69, 9.17) is 15.2 Å². The Kier molecular flexibility index (Phi) is 2.83. The summed E-state index contributed by atoms with van der Waals surface area (Å²) >= 11 is 0. The number of benzene rings is 1. The minimum Gasteiger partial charge on any atom is -0.497 e. The van der Waals surface area contributed by atoms with E-state index >= 15 is 0 Å². The fourth-order valence-corrected chi connectivity index (χ4v) is 3.58. The standard InChI is InChI=1S/C15H21NO2/c1-17-13-4-2-3-12(9-13)15(16)10-14(11-15)5-7-18-8-6-14/h2-4,9H,5-8,10-11,16H2,1H3. The zero-order valence-corrected chi connectivity index (χ0v) is 10.9. The summed E-state index contributed by atoms with van der Waals surface area (Å²) in [4.78, 5) is 0. The first-order valence-corrected chi connectivity index (χ1v) is 6.67. The van der Waals surface area contributed by atoms with Gasteiger partial charge in [-0.05, 0) is 48.8 Å². The van der Waals surface area contributed by atoms with Crippen LogP contribution in [0, 0.1) is 5.41 Å². The maximum atomic E-state index is 6.56. The van der Waals surface area contributed by atoms with Gasteiger partial charge < -0.3 is 15.2 Å². The number of rotatable bonds is 2. The van der Waals surface area contributed by atoms with Crippen LogP contribution in [0.3, 0.4) is 0 Å². The van der Waals surface area contributed by atoms with E-state index in [-0.39, 0.29) is 5.54 Å². The van der Waals surface area contributed by atoms with Gasteiger partial charge in [0, 0.05) is 18.8 Å². The normalized spacial score (nSPS) is 24.6. The molecule has 1 heterocycles. The molecule has 2 fully saturated rings. The molecule has 1 aliphatic carbocycles. The third-order valence-electron chi connectivity index (χ3n) is 4.58. The Morgan fingerprint density at radius 1 is 1.22 bits per heavy atom. The predicted molar refractivity (Wildman–Crippen MR) is 70.6 cm³/mol. The predicted octanol–water partition coefficient (Wildman–Crippen LogP) is 2.44. The molecule has 2 N–H and O–H groups in total. The lowest BCUT2D eigenvalue weighted by Crippen LogP contribution is -2.57. The van der Waals surface area contributed by atoms with E-state index in [1.807, 2.05) is 12.1 Å². The van der Waals surface area contributed by atoms with Crippen molar-refractivity contribution in [3.05, 3.63) is 29.8 Å². The van der Waals surface area contributed by atoms with Crippen LogP contribution < -0.4 is 10.5 Å². The summed E-state index contributed by atoms with van der Waals surface area (Å²) < 4.78 is 10.7. The van der Waals surface area contributed by atoms with Crippen LogP contribution in [0.2, 0.25) is 0 Å². The van der Waals surface area contributed by atoms with Crippen LogP contribution in [0.15, 0.2) is 24.3 Å². The van der Waals surface area contributed by atoms with E-state index in [9.17, 15) is 0 Å². The Morgan fingerprint density at radius 3 is 2.61 bits per heavy atom. The van der Waals surface area contributed by atoms with Crippen LogP contribution in [0.1, 0.15) is 31.2 Å². The topological polar surface area (TPSA) is 44.5 Å². The maximum absolute atomic E-state index is 6.56. The fraction of sp³-hybridized carbons (Fsp3) is 0.600. The van der Waals surface area contributed by atoms with Crippen LogP contribution in [-0.4, -0.2) is 20.3 Å². The van der Waals surface area contributed by atoms with E-state index in [2.05, 4.69) is 12.1 Å². The van der Waals surface area contributed by atoms with Gasteiger partial charge >= 0.3 is 0 Å². The SMILES string of the molecule is COc1cccc(C2(N)CC3(CCOCC3)C2)c1. The van der Waals surface area contributed by atoms with E-state index < -0.39 is 0 Å². The van der Waals surface area contributed by atoms with Crippen molar-refractivity contribution in [1.29, 1.82) is 0 Å². The van der Waals surface area contributed by atoms with Crippen molar-refractivity contribution in [2.24, 2.45) is 11.1 Å². The molecule has 1 spiro atoms. The van der Waals surface area contributed by atoms with Crippen LogP contribution in [0.25, 0.3) is 0 Å². The Bertz CT molecular complexity index is 430. The average molecular weight is 247 g/mol. The quantitative estimate of drug-likeness (QED) is 0.873. The van der Waals surface area contributed by atoms with Gasteiger partial charge in [0.05, 0.1) is 7.11 Å². The summed E-state index contributed by atoms with van der Waals surface area (Å²) in [5, 5.41) is 0. The molecule has 0 amide bonds. The first-order chi connectivity index (χ1) is 8.66. The minimum atomic E-state index is -0.161. The Hall–Kier alpha value is -1.06. The number of nitrogens with two attached hydrogens (primary N) is 1. The third kappa shape index (κ3) is 1.91. The van der Waals surface area contributed by atoms with Crippen molar-refractivity contribution in [2.75, 3.05) is 20.3 Å². The summed E-state index contributed by atoms with van der Waals surface area (Å²) in [5.74, 6) is 0.894. The lowest BCUT2D eigenvalue weighted by atomic mass is 9.52. The molecule has 1 aromatic carbocycles. The molecule has 1 aliphatic heterocycles. The highest BCUT2D eigenvalue weighted by Gasteiger charge is 2.53. The van der Waals surface area contributed by atoms with Crippen LogP contribution in [0.4, 0.5) is 0 Å². The molecular formula is C15H21NO2. The summed E-state index contributed by atoms with van der Waals surface area (Å²) in [6.07, 6.45) is 4.49. The molecule has 3 rings (SSSR count). The molecule has 3 nitrogen and oxygen atoms in total. The van der Waals surface area contributed by atoms with Crippen molar-refractivity contribution in [3.63, 3.8) is 0 Å². The van der Waals surface area contributed by atoms with Crippen molar-refractivity contribution in [2.45, 2.75) is 31.2 Å². The number of ether oxygens (including phenoxy) is 2. The molecule has 1 saturated carbocycles. The number of methoxy groups -OCH3 is 1. The van der Waals surface area contributed by atoms with E-state index in [1.54, 1.807) is 7.11 Å². The largest absolute Gasteiger partial charge is 0.497 e. The zero-order valence-electron chi connectivity index (χ0n) is 10.9. The molecule has 2 aliphatic rings. The molecule has 18 heavy (non-hydrogen) atoms. The minimum absolute atomic E-state index is 0.161. The zero-order chi connectivity index (χ0) is 12.6. The Labute approximate surface area is 108 Å². The summed E-state index contributed by atoms with van der Waals surface area (Å²) in [7, 11) is 1.70. The van der Waals surface area contributed by atoms with E-state index in [1.165, 1.54) is 5.56 Å². The first-order valence-electron chi connectivity index (χ1n) is 6.67. The second-order valence-corrected chi connectivity index (χ2v) is 5.85.